The lowest BCUT2D eigenvalue weighted by Gasteiger charge is -2.12. The number of hydrogen-bond acceptors (Lipinski definition) is 2. The molecule has 1 aromatic carbocycles. The molecule has 0 heterocycles. The molecule has 0 aromatic heterocycles. The fraction of sp³-hybridized carbons (Fsp3) is 0.579. The second-order valence-corrected chi connectivity index (χ2v) is 6.84. The van der Waals surface area contributed by atoms with Crippen molar-refractivity contribution in [1.29, 1.82) is 0 Å². The van der Waals surface area contributed by atoms with Crippen LogP contribution in [0.25, 0.3) is 0 Å². The Balaban J connectivity index is 1.85. The molecular weight excluding hydrogens is 290 g/mol. The van der Waals surface area contributed by atoms with E-state index in [0.717, 1.165) is 12.8 Å². The van der Waals surface area contributed by atoms with Crippen LogP contribution in [0.4, 0.5) is 0 Å². The Morgan fingerprint density at radius 3 is 2.43 bits per heavy atom. The van der Waals surface area contributed by atoms with Crippen LogP contribution < -0.4 is 5.32 Å². The summed E-state index contributed by atoms with van der Waals surface area (Å²) >= 11 is 0. The first kappa shape index (κ1) is 17.5. The van der Waals surface area contributed by atoms with Gasteiger partial charge in [0.15, 0.2) is 0 Å². The third-order valence-corrected chi connectivity index (χ3v) is 4.67. The minimum Gasteiger partial charge on any atom is -0.481 e. The van der Waals surface area contributed by atoms with Crippen LogP contribution in [-0.2, 0) is 9.59 Å². The van der Waals surface area contributed by atoms with Gasteiger partial charge in [-0.25, -0.2) is 0 Å². The van der Waals surface area contributed by atoms with Gasteiger partial charge in [0.1, 0.15) is 0 Å². The summed E-state index contributed by atoms with van der Waals surface area (Å²) < 4.78 is 0. The number of aliphatic carboxylic acids is 1. The summed E-state index contributed by atoms with van der Waals surface area (Å²) in [6, 6.07) is 8.50. The highest BCUT2D eigenvalue weighted by molar-refractivity contribution is 5.83. The Labute approximate surface area is 138 Å². The quantitative estimate of drug-likeness (QED) is 0.771. The van der Waals surface area contributed by atoms with Crippen molar-refractivity contribution in [1.82, 2.24) is 5.32 Å². The van der Waals surface area contributed by atoms with Gasteiger partial charge in [0.25, 0.3) is 0 Å². The number of carbonyl (C=O) groups excluding carboxylic acids is 1. The molecule has 3 unspecified atom stereocenters. The van der Waals surface area contributed by atoms with E-state index in [-0.39, 0.29) is 24.3 Å². The molecular formula is C19H27NO3. The molecule has 2 N–H and O–H groups in total. The van der Waals surface area contributed by atoms with Gasteiger partial charge in [0.2, 0.25) is 5.91 Å². The molecule has 1 saturated carbocycles. The second-order valence-electron chi connectivity index (χ2n) is 6.84. The number of hydrogen-bond donors (Lipinski definition) is 2. The molecule has 0 aliphatic heterocycles. The van der Waals surface area contributed by atoms with Crippen molar-refractivity contribution >= 4 is 11.9 Å². The van der Waals surface area contributed by atoms with Gasteiger partial charge in [-0.2, -0.15) is 0 Å². The molecule has 1 fully saturated rings. The topological polar surface area (TPSA) is 66.4 Å². The molecule has 126 valence electrons. The van der Waals surface area contributed by atoms with Crippen molar-refractivity contribution in [3.8, 4) is 0 Å². The molecule has 1 amide bonds. The number of benzene rings is 1. The second kappa shape index (κ2) is 7.62. The first-order valence-corrected chi connectivity index (χ1v) is 8.54. The number of carboxylic acid groups (broad SMARTS) is 1. The highest BCUT2D eigenvalue weighted by atomic mass is 16.4. The van der Waals surface area contributed by atoms with Crippen molar-refractivity contribution in [3.63, 3.8) is 0 Å². The maximum atomic E-state index is 12.2. The number of carbonyl (C=O) groups is 2. The van der Waals surface area contributed by atoms with Crippen LogP contribution in [0.15, 0.2) is 24.3 Å². The third kappa shape index (κ3) is 4.57. The smallest absolute Gasteiger partial charge is 0.308 e. The van der Waals surface area contributed by atoms with Crippen molar-refractivity contribution in [2.24, 2.45) is 11.8 Å². The zero-order valence-electron chi connectivity index (χ0n) is 14.2. The maximum absolute atomic E-state index is 12.2. The highest BCUT2D eigenvalue weighted by Gasteiger charge is 2.43. The lowest BCUT2D eigenvalue weighted by molar-refractivity contribution is -0.142. The number of nitrogens with one attached hydrogen (secondary N) is 1. The van der Waals surface area contributed by atoms with E-state index >= 15 is 0 Å². The highest BCUT2D eigenvalue weighted by Crippen LogP contribution is 2.47. The molecule has 1 aliphatic carbocycles. The summed E-state index contributed by atoms with van der Waals surface area (Å²) in [5.41, 5.74) is 2.51. The largest absolute Gasteiger partial charge is 0.481 e. The molecule has 1 aromatic rings. The molecule has 2 rings (SSSR count). The van der Waals surface area contributed by atoms with Gasteiger partial charge < -0.3 is 10.4 Å². The first-order chi connectivity index (χ1) is 10.9. The average Bonchev–Trinajstić information content (AvgIpc) is 3.31. The zero-order chi connectivity index (χ0) is 17.0. The third-order valence-electron chi connectivity index (χ3n) is 4.67. The maximum Gasteiger partial charge on any atom is 0.308 e. The van der Waals surface area contributed by atoms with Crippen LogP contribution in [0.5, 0.6) is 0 Å². The van der Waals surface area contributed by atoms with Crippen LogP contribution in [0.3, 0.4) is 0 Å². The molecule has 1 aliphatic rings. The lowest BCUT2D eigenvalue weighted by Crippen LogP contribution is -2.34. The normalized spacial score (nSPS) is 21.0. The van der Waals surface area contributed by atoms with Gasteiger partial charge in [-0.05, 0) is 35.8 Å². The number of rotatable bonds is 8. The summed E-state index contributed by atoms with van der Waals surface area (Å²) in [5.74, 6) is -0.531. The Kier molecular flexibility index (Phi) is 5.80. The molecule has 3 atom stereocenters. The van der Waals surface area contributed by atoms with E-state index in [4.69, 9.17) is 5.11 Å². The molecule has 4 nitrogen and oxygen atoms in total. The van der Waals surface area contributed by atoms with Crippen LogP contribution >= 0.6 is 0 Å². The SMILES string of the molecule is CCCC(CNC(=O)C1CC1c1ccc(C(C)C)cc1)C(=O)O. The molecule has 0 radical (unpaired) electrons. The van der Waals surface area contributed by atoms with E-state index in [2.05, 4.69) is 43.4 Å². The Morgan fingerprint density at radius 1 is 1.26 bits per heavy atom. The fourth-order valence-electron chi connectivity index (χ4n) is 3.00. The first-order valence-electron chi connectivity index (χ1n) is 8.54. The standard InChI is InChI=1S/C19H27NO3/c1-4-5-15(19(22)23)11-20-18(21)17-10-16(17)14-8-6-13(7-9-14)12(2)3/h6-9,12,15-17H,4-5,10-11H2,1-3H3,(H,20,21)(H,22,23). The van der Waals surface area contributed by atoms with Crippen molar-refractivity contribution in [2.45, 2.75) is 51.9 Å². The van der Waals surface area contributed by atoms with Crippen LogP contribution in [-0.4, -0.2) is 23.5 Å². The van der Waals surface area contributed by atoms with E-state index in [9.17, 15) is 9.59 Å². The van der Waals surface area contributed by atoms with E-state index in [1.807, 2.05) is 6.92 Å². The number of carboxylic acids is 1. The Hall–Kier alpha value is -1.84. The van der Waals surface area contributed by atoms with Gasteiger partial charge in [-0.1, -0.05) is 51.5 Å². The molecule has 0 spiro atoms. The van der Waals surface area contributed by atoms with Gasteiger partial charge in [0.05, 0.1) is 5.92 Å². The number of amides is 1. The van der Waals surface area contributed by atoms with Crippen LogP contribution in [0.2, 0.25) is 0 Å². The van der Waals surface area contributed by atoms with Crippen molar-refractivity contribution < 1.29 is 14.7 Å². The van der Waals surface area contributed by atoms with Crippen LogP contribution in [0.1, 0.15) is 63.0 Å². The minimum absolute atomic E-state index is 0.00373. The van der Waals surface area contributed by atoms with E-state index in [1.165, 1.54) is 11.1 Å². The molecule has 0 bridgehead atoms. The van der Waals surface area contributed by atoms with E-state index in [0.29, 0.717) is 12.3 Å². The Bertz CT molecular complexity index is 550. The summed E-state index contributed by atoms with van der Waals surface area (Å²) in [5, 5.41) is 11.9. The minimum atomic E-state index is -0.830. The summed E-state index contributed by atoms with van der Waals surface area (Å²) in [4.78, 5) is 23.3. The van der Waals surface area contributed by atoms with Gasteiger partial charge >= 0.3 is 5.97 Å². The average molecular weight is 317 g/mol. The Morgan fingerprint density at radius 2 is 1.91 bits per heavy atom. The van der Waals surface area contributed by atoms with Gasteiger partial charge in [0, 0.05) is 12.5 Å². The van der Waals surface area contributed by atoms with Crippen molar-refractivity contribution in [2.75, 3.05) is 6.54 Å². The molecule has 0 saturated heterocycles. The zero-order valence-corrected chi connectivity index (χ0v) is 14.2. The summed E-state index contributed by atoms with van der Waals surface area (Å²) in [6.07, 6.45) is 2.26. The predicted molar refractivity (Wildman–Crippen MR) is 90.4 cm³/mol. The fourth-order valence-corrected chi connectivity index (χ4v) is 3.00. The van der Waals surface area contributed by atoms with Gasteiger partial charge in [-0.3, -0.25) is 9.59 Å². The van der Waals surface area contributed by atoms with Crippen LogP contribution in [0, 0.1) is 11.8 Å². The van der Waals surface area contributed by atoms with E-state index < -0.39 is 11.9 Å². The predicted octanol–water partition coefficient (Wildman–Crippen LogP) is 3.53. The molecule has 23 heavy (non-hydrogen) atoms. The van der Waals surface area contributed by atoms with Crippen molar-refractivity contribution in [3.05, 3.63) is 35.4 Å². The summed E-state index contributed by atoms with van der Waals surface area (Å²) in [6.45, 7) is 6.52. The van der Waals surface area contributed by atoms with Gasteiger partial charge in [-0.15, -0.1) is 0 Å². The summed E-state index contributed by atoms with van der Waals surface area (Å²) in [7, 11) is 0. The molecule has 4 heteroatoms. The lowest BCUT2D eigenvalue weighted by atomic mass is 10.00. The monoisotopic (exact) mass is 317 g/mol. The van der Waals surface area contributed by atoms with E-state index in [1.54, 1.807) is 0 Å².